The van der Waals surface area contributed by atoms with E-state index in [1.165, 1.54) is 65.3 Å². The minimum atomic E-state index is 0.218. The summed E-state index contributed by atoms with van der Waals surface area (Å²) in [5, 5.41) is 19.0. The number of allylic oxidation sites excluding steroid dienone is 1. The standard InChI is InChI=1S/C58H39N3/c59-58(45-13-2-1-3-14-45)60-54(43-31-34-47(35-32-43)61-55-20-10-8-18-50(55)51-19-9-11-21-56(51)61)37-24-39-22-25-40(26-23-39)41-27-29-44(30-28-41)57-49-17-7-5-15-46(49)38-53-48-16-6-4-12-42(48)33-36-52(53)57/h1-38,59H/b37-24+,59-58?,60-54?. The molecule has 0 aliphatic heterocycles. The molecule has 1 heterocycles. The van der Waals surface area contributed by atoms with Crippen molar-refractivity contribution in [1.82, 2.24) is 4.57 Å². The molecule has 1 N–H and O–H groups in total. The number of fused-ring (bicyclic) bond motifs is 7. The van der Waals surface area contributed by atoms with Crippen molar-refractivity contribution in [3.63, 3.8) is 0 Å². The molecular weight excluding hydrogens is 739 g/mol. The third-order valence-corrected chi connectivity index (χ3v) is 11.9. The molecule has 11 aromatic rings. The highest BCUT2D eigenvalue weighted by molar-refractivity contribution is 6.20. The lowest BCUT2D eigenvalue weighted by molar-refractivity contribution is 1.18. The van der Waals surface area contributed by atoms with E-state index in [2.05, 4.69) is 199 Å². The van der Waals surface area contributed by atoms with Crippen molar-refractivity contribution in [2.45, 2.75) is 0 Å². The zero-order valence-electron chi connectivity index (χ0n) is 33.3. The maximum absolute atomic E-state index is 8.91. The predicted molar refractivity (Wildman–Crippen MR) is 259 cm³/mol. The van der Waals surface area contributed by atoms with Crippen molar-refractivity contribution in [1.29, 1.82) is 5.41 Å². The molecule has 0 aliphatic rings. The number of aromatic nitrogens is 1. The fourth-order valence-electron chi connectivity index (χ4n) is 8.88. The van der Waals surface area contributed by atoms with Crippen LogP contribution in [-0.4, -0.2) is 16.1 Å². The van der Waals surface area contributed by atoms with Crippen LogP contribution in [0, 0.1) is 5.41 Å². The Bertz CT molecular complexity index is 3450. The van der Waals surface area contributed by atoms with Crippen LogP contribution in [0.5, 0.6) is 0 Å². The highest BCUT2D eigenvalue weighted by Gasteiger charge is 2.14. The van der Waals surface area contributed by atoms with E-state index in [4.69, 9.17) is 10.4 Å². The molecule has 0 unspecified atom stereocenters. The van der Waals surface area contributed by atoms with Gasteiger partial charge in [-0.25, -0.2) is 4.99 Å². The van der Waals surface area contributed by atoms with Crippen LogP contribution in [-0.2, 0) is 0 Å². The summed E-state index contributed by atoms with van der Waals surface area (Å²) in [6.45, 7) is 0. The van der Waals surface area contributed by atoms with Gasteiger partial charge < -0.3 is 4.57 Å². The third kappa shape index (κ3) is 6.59. The van der Waals surface area contributed by atoms with Crippen molar-refractivity contribution in [3.8, 4) is 27.9 Å². The monoisotopic (exact) mass is 777 g/mol. The second-order valence-electron chi connectivity index (χ2n) is 15.5. The molecule has 0 saturated heterocycles. The van der Waals surface area contributed by atoms with E-state index in [-0.39, 0.29) is 5.84 Å². The fraction of sp³-hybridized carbons (Fsp3) is 0. The molecule has 0 radical (unpaired) electrons. The summed E-state index contributed by atoms with van der Waals surface area (Å²) < 4.78 is 2.31. The van der Waals surface area contributed by atoms with Gasteiger partial charge in [0.15, 0.2) is 5.84 Å². The van der Waals surface area contributed by atoms with Crippen LogP contribution in [0.25, 0.3) is 88.1 Å². The van der Waals surface area contributed by atoms with E-state index in [1.807, 2.05) is 36.4 Å². The topological polar surface area (TPSA) is 41.1 Å². The molecule has 10 aromatic carbocycles. The second kappa shape index (κ2) is 15.2. The first-order valence-electron chi connectivity index (χ1n) is 20.7. The van der Waals surface area contributed by atoms with Crippen LogP contribution in [0.2, 0.25) is 0 Å². The van der Waals surface area contributed by atoms with Crippen LogP contribution >= 0.6 is 0 Å². The summed E-state index contributed by atoms with van der Waals surface area (Å²) >= 11 is 0. The van der Waals surface area contributed by atoms with Gasteiger partial charge in [-0.2, -0.15) is 0 Å². The molecule has 1 aromatic heterocycles. The Hall–Kier alpha value is -8.14. The van der Waals surface area contributed by atoms with Crippen LogP contribution in [0.3, 0.4) is 0 Å². The number of aliphatic imine (C=N–C) groups is 1. The Morgan fingerprint density at radius 2 is 0.967 bits per heavy atom. The molecule has 0 aliphatic carbocycles. The molecule has 0 spiro atoms. The smallest absolute Gasteiger partial charge is 0.152 e. The lowest BCUT2D eigenvalue weighted by atomic mass is 9.89. The zero-order chi connectivity index (χ0) is 40.7. The molecule has 61 heavy (non-hydrogen) atoms. The highest BCUT2D eigenvalue weighted by Crippen LogP contribution is 2.40. The summed E-state index contributed by atoms with van der Waals surface area (Å²) in [5.41, 5.74) is 11.7. The third-order valence-electron chi connectivity index (χ3n) is 11.9. The SMILES string of the molecule is N=C(N=C(/C=C/c1ccc(-c2ccc(-c3c4ccccc4cc4c3ccc3ccccc34)cc2)cc1)c1ccc(-n2c3ccccc3c3ccccc32)cc1)c1ccccc1. The Kier molecular flexibility index (Phi) is 8.98. The molecular formula is C58H39N3. The van der Waals surface area contributed by atoms with E-state index in [1.54, 1.807) is 0 Å². The number of hydrogen-bond acceptors (Lipinski definition) is 1. The van der Waals surface area contributed by atoms with E-state index in [0.29, 0.717) is 0 Å². The summed E-state index contributed by atoms with van der Waals surface area (Å²) in [6, 6.07) is 77.2. The van der Waals surface area contributed by atoms with Crippen LogP contribution < -0.4 is 0 Å². The number of hydrogen-bond donors (Lipinski definition) is 1. The Balaban J connectivity index is 0.901. The number of amidine groups is 1. The number of rotatable bonds is 7. The van der Waals surface area contributed by atoms with Gasteiger partial charge in [-0.05, 0) is 96.5 Å². The average molecular weight is 778 g/mol. The van der Waals surface area contributed by atoms with E-state index in [9.17, 15) is 0 Å². The van der Waals surface area contributed by atoms with Crippen molar-refractivity contribution in [2.75, 3.05) is 0 Å². The van der Waals surface area contributed by atoms with E-state index in [0.717, 1.165) is 39.2 Å². The molecule has 0 bridgehead atoms. The molecule has 286 valence electrons. The van der Waals surface area contributed by atoms with Gasteiger partial charge in [0.2, 0.25) is 0 Å². The van der Waals surface area contributed by atoms with Gasteiger partial charge >= 0.3 is 0 Å². The number of benzene rings is 10. The van der Waals surface area contributed by atoms with Gasteiger partial charge in [0, 0.05) is 27.6 Å². The lowest BCUT2D eigenvalue weighted by Crippen LogP contribution is -2.04. The maximum atomic E-state index is 8.91. The summed E-state index contributed by atoms with van der Waals surface area (Å²) in [5.74, 6) is 0.218. The number of nitrogens with one attached hydrogen (secondary N) is 1. The normalized spacial score (nSPS) is 12.0. The van der Waals surface area contributed by atoms with E-state index < -0.39 is 0 Å². The zero-order valence-corrected chi connectivity index (χ0v) is 33.3. The minimum Gasteiger partial charge on any atom is -0.309 e. The van der Waals surface area contributed by atoms with Crippen molar-refractivity contribution in [3.05, 3.63) is 241 Å². The largest absolute Gasteiger partial charge is 0.309 e. The molecule has 3 heteroatoms. The van der Waals surface area contributed by atoms with Crippen LogP contribution in [0.4, 0.5) is 0 Å². The van der Waals surface area contributed by atoms with Crippen LogP contribution in [0.1, 0.15) is 16.7 Å². The van der Waals surface area contributed by atoms with Gasteiger partial charge in [0.05, 0.1) is 16.7 Å². The first-order chi connectivity index (χ1) is 30.2. The predicted octanol–water partition coefficient (Wildman–Crippen LogP) is 15.1. The summed E-state index contributed by atoms with van der Waals surface area (Å²) in [4.78, 5) is 4.88. The molecule has 3 nitrogen and oxygen atoms in total. The lowest BCUT2D eigenvalue weighted by Gasteiger charge is -2.14. The van der Waals surface area contributed by atoms with Gasteiger partial charge in [-0.1, -0.05) is 194 Å². The Labute approximate surface area is 354 Å². The number of para-hydroxylation sites is 2. The van der Waals surface area contributed by atoms with Gasteiger partial charge in [-0.3, -0.25) is 5.41 Å². The summed E-state index contributed by atoms with van der Waals surface area (Å²) in [6.07, 6.45) is 4.11. The average Bonchev–Trinajstić information content (AvgIpc) is 3.67. The number of nitrogens with zero attached hydrogens (tertiary/aromatic N) is 2. The summed E-state index contributed by atoms with van der Waals surface area (Å²) in [7, 11) is 0. The van der Waals surface area contributed by atoms with Gasteiger partial charge in [0.25, 0.3) is 0 Å². The van der Waals surface area contributed by atoms with Crippen molar-refractivity contribution < 1.29 is 0 Å². The van der Waals surface area contributed by atoms with Crippen molar-refractivity contribution in [2.24, 2.45) is 4.99 Å². The molecule has 0 atom stereocenters. The minimum absolute atomic E-state index is 0.218. The first kappa shape index (κ1) is 36.0. The van der Waals surface area contributed by atoms with Gasteiger partial charge in [0.1, 0.15) is 0 Å². The molecule has 0 fully saturated rings. The first-order valence-corrected chi connectivity index (χ1v) is 20.7. The van der Waals surface area contributed by atoms with Gasteiger partial charge in [-0.15, -0.1) is 0 Å². The Morgan fingerprint density at radius 3 is 1.66 bits per heavy atom. The maximum Gasteiger partial charge on any atom is 0.152 e. The highest BCUT2D eigenvalue weighted by atomic mass is 15.0. The Morgan fingerprint density at radius 1 is 0.410 bits per heavy atom. The molecule has 11 rings (SSSR count). The molecule has 0 saturated carbocycles. The van der Waals surface area contributed by atoms with E-state index >= 15 is 0 Å². The van der Waals surface area contributed by atoms with Crippen molar-refractivity contribution >= 4 is 71.7 Å². The quantitative estimate of drug-likeness (QED) is 0.0725. The van der Waals surface area contributed by atoms with Crippen LogP contribution in [0.15, 0.2) is 229 Å². The second-order valence-corrected chi connectivity index (χ2v) is 15.5. The fourth-order valence-corrected chi connectivity index (χ4v) is 8.88. The molecule has 0 amide bonds.